The van der Waals surface area contributed by atoms with Gasteiger partial charge in [0, 0.05) is 13.1 Å². The second kappa shape index (κ2) is 6.05. The number of rotatable bonds is 5. The summed E-state index contributed by atoms with van der Waals surface area (Å²) in [6.45, 7) is 8.88. The highest BCUT2D eigenvalue weighted by Gasteiger charge is 2.29. The van der Waals surface area contributed by atoms with E-state index < -0.39 is 0 Å². The summed E-state index contributed by atoms with van der Waals surface area (Å²) < 4.78 is 0. The Kier molecular flexibility index (Phi) is 4.69. The third-order valence-corrected chi connectivity index (χ3v) is 4.43. The van der Waals surface area contributed by atoms with Crippen molar-refractivity contribution in [2.75, 3.05) is 19.6 Å². The highest BCUT2D eigenvalue weighted by molar-refractivity contribution is 4.83. The van der Waals surface area contributed by atoms with Crippen LogP contribution in [-0.2, 0) is 0 Å². The smallest absolute Gasteiger partial charge is 0.000988 e. The number of hydrogen-bond acceptors (Lipinski definition) is 1. The summed E-state index contributed by atoms with van der Waals surface area (Å²) in [6, 6.07) is 0. The fourth-order valence-corrected chi connectivity index (χ4v) is 3.61. The van der Waals surface area contributed by atoms with Crippen molar-refractivity contribution < 1.29 is 0 Å². The zero-order chi connectivity index (χ0) is 11.4. The van der Waals surface area contributed by atoms with Gasteiger partial charge in [-0.25, -0.2) is 0 Å². The van der Waals surface area contributed by atoms with E-state index in [9.17, 15) is 0 Å². The first-order valence-electron chi connectivity index (χ1n) is 7.46. The molecule has 2 rings (SSSR count). The van der Waals surface area contributed by atoms with Gasteiger partial charge in [0.05, 0.1) is 0 Å². The summed E-state index contributed by atoms with van der Waals surface area (Å²) in [4.78, 5) is 2.76. The Labute approximate surface area is 102 Å². The summed E-state index contributed by atoms with van der Waals surface area (Å²) in [5.74, 6) is 3.00. The second-order valence-electron chi connectivity index (χ2n) is 6.55. The van der Waals surface area contributed by atoms with Crippen LogP contribution >= 0.6 is 0 Å². The lowest BCUT2D eigenvalue weighted by Crippen LogP contribution is -2.42. The van der Waals surface area contributed by atoms with Gasteiger partial charge in [0.1, 0.15) is 0 Å². The predicted molar refractivity (Wildman–Crippen MR) is 70.6 cm³/mol. The molecule has 0 radical (unpaired) electrons. The van der Waals surface area contributed by atoms with Crippen LogP contribution in [0.5, 0.6) is 0 Å². The highest BCUT2D eigenvalue weighted by atomic mass is 15.1. The van der Waals surface area contributed by atoms with Crippen molar-refractivity contribution >= 4 is 0 Å². The molecule has 0 spiro atoms. The third kappa shape index (κ3) is 3.76. The van der Waals surface area contributed by atoms with E-state index in [0.717, 1.165) is 17.8 Å². The van der Waals surface area contributed by atoms with Crippen LogP contribution in [0.1, 0.15) is 58.8 Å². The molecule has 1 aliphatic carbocycles. The summed E-state index contributed by atoms with van der Waals surface area (Å²) in [5, 5.41) is 0. The van der Waals surface area contributed by atoms with Crippen LogP contribution in [0.4, 0.5) is 0 Å². The lowest BCUT2D eigenvalue weighted by molar-refractivity contribution is 0.0846. The Balaban J connectivity index is 1.63. The molecule has 2 bridgehead atoms. The van der Waals surface area contributed by atoms with Crippen molar-refractivity contribution in [1.82, 2.24) is 4.90 Å². The minimum atomic E-state index is 0.890. The molecule has 2 atom stereocenters. The number of nitrogens with zero attached hydrogens (tertiary/aromatic N) is 1. The van der Waals surface area contributed by atoms with Crippen LogP contribution in [0.15, 0.2) is 0 Å². The quantitative estimate of drug-likeness (QED) is 0.638. The number of fused-ring (bicyclic) bond motifs is 2. The Bertz CT molecular complexity index is 188. The zero-order valence-corrected chi connectivity index (χ0v) is 11.3. The van der Waals surface area contributed by atoms with Crippen molar-refractivity contribution in [3.8, 4) is 0 Å². The van der Waals surface area contributed by atoms with E-state index in [1.165, 1.54) is 58.2 Å². The topological polar surface area (TPSA) is 3.24 Å². The molecule has 0 aromatic carbocycles. The summed E-state index contributed by atoms with van der Waals surface area (Å²) >= 11 is 0. The van der Waals surface area contributed by atoms with Gasteiger partial charge in [-0.15, -0.1) is 0 Å². The molecular formula is C15H29N. The largest absolute Gasteiger partial charge is 0.303 e. The minimum absolute atomic E-state index is 0.890. The molecule has 2 unspecified atom stereocenters. The van der Waals surface area contributed by atoms with Gasteiger partial charge in [-0.05, 0) is 50.0 Å². The Morgan fingerprint density at radius 3 is 2.38 bits per heavy atom. The molecule has 1 saturated carbocycles. The van der Waals surface area contributed by atoms with Gasteiger partial charge in [-0.1, -0.05) is 33.1 Å². The molecular weight excluding hydrogens is 194 g/mol. The van der Waals surface area contributed by atoms with Gasteiger partial charge in [0.2, 0.25) is 0 Å². The van der Waals surface area contributed by atoms with Crippen molar-refractivity contribution in [3.05, 3.63) is 0 Å². The number of unbranched alkanes of at least 4 members (excludes halogenated alkanes) is 1. The van der Waals surface area contributed by atoms with Gasteiger partial charge in [-0.3, -0.25) is 0 Å². The van der Waals surface area contributed by atoms with Gasteiger partial charge < -0.3 is 4.90 Å². The molecule has 1 nitrogen and oxygen atoms in total. The molecule has 1 saturated heterocycles. The van der Waals surface area contributed by atoms with Crippen LogP contribution < -0.4 is 0 Å². The van der Waals surface area contributed by atoms with Crippen molar-refractivity contribution in [2.24, 2.45) is 17.8 Å². The summed E-state index contributed by atoms with van der Waals surface area (Å²) in [7, 11) is 0. The van der Waals surface area contributed by atoms with Gasteiger partial charge >= 0.3 is 0 Å². The van der Waals surface area contributed by atoms with Crippen LogP contribution in [0.2, 0.25) is 0 Å². The van der Waals surface area contributed by atoms with E-state index in [-0.39, 0.29) is 0 Å². The Hall–Kier alpha value is -0.0400. The number of likely N-dealkylation sites (tertiary alicyclic amines) is 1. The second-order valence-corrected chi connectivity index (χ2v) is 6.55. The molecule has 2 aliphatic rings. The first kappa shape index (κ1) is 12.4. The molecule has 0 aromatic heterocycles. The van der Waals surface area contributed by atoms with Crippen LogP contribution in [0.25, 0.3) is 0 Å². The number of hydrogen-bond donors (Lipinski definition) is 0. The van der Waals surface area contributed by atoms with Gasteiger partial charge in [0.25, 0.3) is 0 Å². The SMILES string of the molecule is CC(C)CCCCN1CC2CCCC(C2)C1. The Morgan fingerprint density at radius 2 is 1.75 bits per heavy atom. The predicted octanol–water partition coefficient (Wildman–Crippen LogP) is 3.93. The molecule has 0 N–H and O–H groups in total. The van der Waals surface area contributed by atoms with Crippen molar-refractivity contribution in [2.45, 2.75) is 58.8 Å². The van der Waals surface area contributed by atoms with Crippen molar-refractivity contribution in [1.29, 1.82) is 0 Å². The molecule has 1 heterocycles. The lowest BCUT2D eigenvalue weighted by Gasteiger charge is -2.41. The molecule has 2 fully saturated rings. The zero-order valence-electron chi connectivity index (χ0n) is 11.3. The fraction of sp³-hybridized carbons (Fsp3) is 1.00. The third-order valence-electron chi connectivity index (χ3n) is 4.43. The van der Waals surface area contributed by atoms with E-state index in [1.807, 2.05) is 0 Å². The summed E-state index contributed by atoms with van der Waals surface area (Å²) in [5.41, 5.74) is 0. The van der Waals surface area contributed by atoms with Crippen LogP contribution in [0, 0.1) is 17.8 Å². The van der Waals surface area contributed by atoms with E-state index >= 15 is 0 Å². The fourth-order valence-electron chi connectivity index (χ4n) is 3.61. The molecule has 1 heteroatoms. The molecule has 1 aliphatic heterocycles. The maximum atomic E-state index is 2.76. The van der Waals surface area contributed by atoms with Crippen LogP contribution in [-0.4, -0.2) is 24.5 Å². The first-order chi connectivity index (χ1) is 7.74. The lowest BCUT2D eigenvalue weighted by atomic mass is 9.78. The van der Waals surface area contributed by atoms with E-state index in [2.05, 4.69) is 18.7 Å². The molecule has 0 amide bonds. The van der Waals surface area contributed by atoms with E-state index in [1.54, 1.807) is 6.42 Å². The number of piperidine rings is 1. The average Bonchev–Trinajstić information content (AvgIpc) is 2.24. The van der Waals surface area contributed by atoms with Gasteiger partial charge in [0.15, 0.2) is 0 Å². The van der Waals surface area contributed by atoms with E-state index in [0.29, 0.717) is 0 Å². The van der Waals surface area contributed by atoms with Crippen LogP contribution in [0.3, 0.4) is 0 Å². The standard InChI is InChI=1S/C15H29N/c1-13(2)6-3-4-9-16-11-14-7-5-8-15(10-14)12-16/h13-15H,3-12H2,1-2H3. The maximum absolute atomic E-state index is 2.76. The Morgan fingerprint density at radius 1 is 1.06 bits per heavy atom. The molecule has 94 valence electrons. The highest BCUT2D eigenvalue weighted by Crippen LogP contribution is 2.34. The normalized spacial score (nSPS) is 30.9. The maximum Gasteiger partial charge on any atom is 0.000988 e. The average molecular weight is 223 g/mol. The minimum Gasteiger partial charge on any atom is -0.303 e. The van der Waals surface area contributed by atoms with E-state index in [4.69, 9.17) is 0 Å². The monoisotopic (exact) mass is 223 g/mol. The van der Waals surface area contributed by atoms with Crippen molar-refractivity contribution in [3.63, 3.8) is 0 Å². The summed E-state index contributed by atoms with van der Waals surface area (Å²) in [6.07, 6.45) is 10.4. The first-order valence-corrected chi connectivity index (χ1v) is 7.46. The molecule has 16 heavy (non-hydrogen) atoms. The molecule has 0 aromatic rings. The van der Waals surface area contributed by atoms with Gasteiger partial charge in [-0.2, -0.15) is 0 Å².